The number of carbonyl (C=O) groups excluding carboxylic acids is 1. The maximum Gasteiger partial charge on any atom is 0.433 e. The van der Waals surface area contributed by atoms with E-state index in [4.69, 9.17) is 11.6 Å². The van der Waals surface area contributed by atoms with Gasteiger partial charge in [0.15, 0.2) is 5.65 Å². The lowest BCUT2D eigenvalue weighted by atomic mass is 9.96. The fourth-order valence-corrected chi connectivity index (χ4v) is 4.22. The first kappa shape index (κ1) is 26.1. The molecule has 1 amide bonds. The molecule has 0 radical (unpaired) electrons. The maximum absolute atomic E-state index is 13.2. The fraction of sp³-hybridized carbons (Fsp3) is 0.148. The second-order valence-electron chi connectivity index (χ2n) is 8.94. The average molecular weight is 553 g/mol. The number of hydrogen-bond donors (Lipinski definition) is 0. The number of aromatic nitrogens is 5. The third-order valence-electron chi connectivity index (χ3n) is 6.04. The van der Waals surface area contributed by atoms with Crippen LogP contribution in [0.4, 0.5) is 13.2 Å². The summed E-state index contributed by atoms with van der Waals surface area (Å²) >= 11 is 6.11. The molecule has 5 rings (SSSR count). The summed E-state index contributed by atoms with van der Waals surface area (Å²) in [7, 11) is 3.34. The predicted molar refractivity (Wildman–Crippen MR) is 139 cm³/mol. The summed E-state index contributed by atoms with van der Waals surface area (Å²) in [6.45, 7) is -0.107. The molecule has 0 fully saturated rings. The minimum Gasteiger partial charge on any atom is -0.345 e. The van der Waals surface area contributed by atoms with Gasteiger partial charge in [0.25, 0.3) is 5.91 Å². The van der Waals surface area contributed by atoms with Crippen LogP contribution >= 0.6 is 11.6 Å². The maximum atomic E-state index is 13.2. The minimum absolute atomic E-state index is 0.107. The first-order chi connectivity index (χ1) is 18.5. The minimum atomic E-state index is -4.57. The molecule has 0 aliphatic carbocycles. The van der Waals surface area contributed by atoms with E-state index in [1.165, 1.54) is 17.2 Å². The molecule has 0 atom stereocenters. The molecule has 3 aromatic heterocycles. The van der Waals surface area contributed by atoms with Gasteiger partial charge in [-0.3, -0.25) is 9.78 Å². The molecule has 0 aliphatic heterocycles. The number of fused-ring (bicyclic) bond motifs is 1. The molecule has 0 N–H and O–H groups in total. The highest BCUT2D eigenvalue weighted by Crippen LogP contribution is 2.35. The van der Waals surface area contributed by atoms with Gasteiger partial charge >= 0.3 is 11.9 Å². The van der Waals surface area contributed by atoms with E-state index in [1.807, 2.05) is 0 Å². The van der Waals surface area contributed by atoms with Crippen molar-refractivity contribution in [3.8, 4) is 22.3 Å². The van der Waals surface area contributed by atoms with E-state index >= 15 is 0 Å². The molecular formula is C27H20ClF3N6O2. The number of carbonyl (C=O) groups is 1. The topological polar surface area (TPSA) is 85.4 Å². The van der Waals surface area contributed by atoms with E-state index in [1.54, 1.807) is 62.6 Å². The van der Waals surface area contributed by atoms with Crippen LogP contribution in [-0.4, -0.2) is 49.3 Å². The van der Waals surface area contributed by atoms with Gasteiger partial charge in [-0.05, 0) is 47.0 Å². The Kier molecular flexibility index (Phi) is 6.69. The Bertz CT molecular complexity index is 1730. The zero-order valence-corrected chi connectivity index (χ0v) is 21.4. The molecule has 0 unspecified atom stereocenters. The van der Waals surface area contributed by atoms with Crippen molar-refractivity contribution in [2.75, 3.05) is 14.1 Å². The monoisotopic (exact) mass is 552 g/mol. The number of rotatable bonds is 5. The van der Waals surface area contributed by atoms with Gasteiger partial charge in [-0.25, -0.2) is 9.48 Å². The molecule has 0 bridgehead atoms. The van der Waals surface area contributed by atoms with Crippen LogP contribution in [0.3, 0.4) is 0 Å². The molecule has 0 saturated heterocycles. The van der Waals surface area contributed by atoms with Gasteiger partial charge in [-0.1, -0.05) is 41.9 Å². The molecule has 0 aliphatic rings. The van der Waals surface area contributed by atoms with Crippen molar-refractivity contribution >= 4 is 23.2 Å². The van der Waals surface area contributed by atoms with Gasteiger partial charge in [0.1, 0.15) is 5.69 Å². The summed E-state index contributed by atoms with van der Waals surface area (Å²) in [6.07, 6.45) is -1.97. The van der Waals surface area contributed by atoms with Gasteiger partial charge in [-0.2, -0.15) is 22.8 Å². The Morgan fingerprint density at radius 1 is 0.949 bits per heavy atom. The first-order valence-corrected chi connectivity index (χ1v) is 12.0. The molecule has 8 nitrogen and oxygen atoms in total. The zero-order valence-electron chi connectivity index (χ0n) is 20.6. The van der Waals surface area contributed by atoms with Crippen LogP contribution in [0.5, 0.6) is 0 Å². The summed E-state index contributed by atoms with van der Waals surface area (Å²) in [4.78, 5) is 30.4. The Hall–Kier alpha value is -4.51. The second kappa shape index (κ2) is 9.99. The molecule has 2 aromatic carbocycles. The summed E-state index contributed by atoms with van der Waals surface area (Å²) < 4.78 is 40.9. The number of benzene rings is 2. The predicted octanol–water partition coefficient (Wildman–Crippen LogP) is 5.04. The highest BCUT2D eigenvalue weighted by Gasteiger charge is 2.32. The van der Waals surface area contributed by atoms with Crippen molar-refractivity contribution in [2.45, 2.75) is 12.7 Å². The van der Waals surface area contributed by atoms with Gasteiger partial charge in [0, 0.05) is 42.0 Å². The quantitative estimate of drug-likeness (QED) is 0.305. The smallest absolute Gasteiger partial charge is 0.345 e. The average Bonchev–Trinajstić information content (AvgIpc) is 3.23. The third-order valence-corrected chi connectivity index (χ3v) is 6.29. The SMILES string of the molecule is CN(C)C(=O)c1ccc(-c2cnn3c(=O)n(Cc4ccc(C(F)(F)F)nc4)nc3c2-c2ccc(Cl)cc2)cc1. The van der Waals surface area contributed by atoms with Gasteiger partial charge in [0.05, 0.1) is 12.7 Å². The van der Waals surface area contributed by atoms with Gasteiger partial charge < -0.3 is 4.90 Å². The van der Waals surface area contributed by atoms with Crippen LogP contribution in [0.15, 0.2) is 77.9 Å². The zero-order chi connectivity index (χ0) is 27.9. The van der Waals surface area contributed by atoms with Gasteiger partial charge in [0.2, 0.25) is 0 Å². The lowest BCUT2D eigenvalue weighted by molar-refractivity contribution is -0.141. The second-order valence-corrected chi connectivity index (χ2v) is 9.38. The van der Waals surface area contributed by atoms with E-state index in [2.05, 4.69) is 15.2 Å². The highest BCUT2D eigenvalue weighted by atomic mass is 35.5. The van der Waals surface area contributed by atoms with Gasteiger partial charge in [-0.15, -0.1) is 5.10 Å². The van der Waals surface area contributed by atoms with Crippen molar-refractivity contribution in [3.63, 3.8) is 0 Å². The fourth-order valence-electron chi connectivity index (χ4n) is 4.09. The molecule has 39 heavy (non-hydrogen) atoms. The van der Waals surface area contributed by atoms with Crippen LogP contribution in [-0.2, 0) is 12.7 Å². The van der Waals surface area contributed by atoms with Crippen LogP contribution in [0.2, 0.25) is 5.02 Å². The Labute approximate surface area is 224 Å². The number of pyridine rings is 1. The Balaban J connectivity index is 1.63. The van der Waals surface area contributed by atoms with E-state index < -0.39 is 17.6 Å². The standard InChI is InChI=1S/C27H20ClF3N6O2/c1-35(2)25(38)19-6-4-17(5-7-19)21-14-33-37-24(23(21)18-8-10-20(28)11-9-18)34-36(26(37)39)15-16-3-12-22(32-13-16)27(29,30)31/h3-14H,15H2,1-2H3. The molecular weight excluding hydrogens is 533 g/mol. The van der Waals surface area contributed by atoms with Crippen molar-refractivity contribution < 1.29 is 18.0 Å². The number of hydrogen-bond acceptors (Lipinski definition) is 5. The van der Waals surface area contributed by atoms with E-state index in [-0.39, 0.29) is 18.1 Å². The Morgan fingerprint density at radius 3 is 2.21 bits per heavy atom. The number of alkyl halides is 3. The van der Waals surface area contributed by atoms with E-state index in [0.29, 0.717) is 32.8 Å². The van der Waals surface area contributed by atoms with Crippen molar-refractivity contribution in [1.29, 1.82) is 0 Å². The molecule has 5 aromatic rings. The van der Waals surface area contributed by atoms with Crippen LogP contribution < -0.4 is 5.69 Å². The largest absolute Gasteiger partial charge is 0.433 e. The van der Waals surface area contributed by atoms with Crippen molar-refractivity contribution in [1.82, 2.24) is 29.3 Å². The van der Waals surface area contributed by atoms with E-state index in [9.17, 15) is 22.8 Å². The summed E-state index contributed by atoms with van der Waals surface area (Å²) in [5.74, 6) is -0.142. The number of nitrogens with zero attached hydrogens (tertiary/aromatic N) is 6. The third kappa shape index (κ3) is 5.13. The lowest BCUT2D eigenvalue weighted by Gasteiger charge is -2.13. The van der Waals surface area contributed by atoms with E-state index in [0.717, 1.165) is 27.0 Å². The summed E-state index contributed by atoms with van der Waals surface area (Å²) in [5, 5.41) is 9.33. The molecule has 12 heteroatoms. The van der Waals surface area contributed by atoms with Crippen LogP contribution in [0.25, 0.3) is 27.9 Å². The molecule has 0 spiro atoms. The molecule has 0 saturated carbocycles. The number of amides is 1. The lowest BCUT2D eigenvalue weighted by Crippen LogP contribution is -2.23. The van der Waals surface area contributed by atoms with Crippen molar-refractivity contribution in [3.05, 3.63) is 105 Å². The van der Waals surface area contributed by atoms with Crippen LogP contribution in [0.1, 0.15) is 21.6 Å². The Morgan fingerprint density at radius 2 is 1.62 bits per heavy atom. The van der Waals surface area contributed by atoms with Crippen molar-refractivity contribution in [2.24, 2.45) is 0 Å². The summed E-state index contributed by atoms with van der Waals surface area (Å²) in [5.41, 5.74) is 2.22. The summed E-state index contributed by atoms with van der Waals surface area (Å²) in [6, 6.07) is 16.1. The molecule has 3 heterocycles. The van der Waals surface area contributed by atoms with Crippen LogP contribution in [0, 0.1) is 0 Å². The highest BCUT2D eigenvalue weighted by molar-refractivity contribution is 6.30. The molecule has 198 valence electrons. The normalized spacial score (nSPS) is 11.6. The number of halogens is 4. The first-order valence-electron chi connectivity index (χ1n) is 11.6.